The van der Waals surface area contributed by atoms with Crippen molar-refractivity contribution in [2.75, 3.05) is 58.2 Å². The van der Waals surface area contributed by atoms with Gasteiger partial charge in [0.2, 0.25) is 18.6 Å². The van der Waals surface area contributed by atoms with E-state index in [1.54, 1.807) is 65.9 Å². The molecule has 0 aliphatic carbocycles. The molecule has 0 radical (unpaired) electrons. The molecule has 5 aliphatic rings. The minimum absolute atomic E-state index is 0.0118. The molecular formula is C63H60N8O11. The first-order chi connectivity index (χ1) is 40.0. The van der Waals surface area contributed by atoms with Gasteiger partial charge in [-0.05, 0) is 88.3 Å². The minimum Gasteiger partial charge on any atom is -0.491 e. The van der Waals surface area contributed by atoms with E-state index < -0.39 is 77.3 Å². The highest BCUT2D eigenvalue weighted by Crippen LogP contribution is 2.66. The number of hydrogen-bond acceptors (Lipinski definition) is 15. The van der Waals surface area contributed by atoms with Crippen molar-refractivity contribution in [3.63, 3.8) is 0 Å². The van der Waals surface area contributed by atoms with Gasteiger partial charge in [-0.1, -0.05) is 122 Å². The summed E-state index contributed by atoms with van der Waals surface area (Å²) in [5.74, 6) is 3.52. The summed E-state index contributed by atoms with van der Waals surface area (Å²) in [4.78, 5) is 85.3. The number of ether oxygens (including phenoxy) is 5. The molecule has 7 aromatic rings. The van der Waals surface area contributed by atoms with E-state index in [1.165, 1.54) is 7.11 Å². The van der Waals surface area contributed by atoms with Crippen LogP contribution >= 0.6 is 0 Å². The summed E-state index contributed by atoms with van der Waals surface area (Å²) >= 11 is 0. The number of cyclic esters (lactones) is 1. The van der Waals surface area contributed by atoms with Crippen LogP contribution in [0.2, 0.25) is 0 Å². The van der Waals surface area contributed by atoms with Gasteiger partial charge in [-0.15, -0.1) is 5.10 Å². The molecule has 82 heavy (non-hydrogen) atoms. The number of hydrogen-bond donors (Lipinski definition) is 2. The number of esters is 2. The number of anilines is 1. The predicted octanol–water partition coefficient (Wildman–Crippen LogP) is 6.50. The Balaban J connectivity index is 1.06. The lowest BCUT2D eigenvalue weighted by Crippen LogP contribution is -2.59. The largest absolute Gasteiger partial charge is 0.491 e. The number of imide groups is 1. The number of benzene rings is 6. The summed E-state index contributed by atoms with van der Waals surface area (Å²) in [7, 11) is 1.22. The number of fused-ring (bicyclic) bond motifs is 5. The summed E-state index contributed by atoms with van der Waals surface area (Å²) in [5.41, 5.74) is 3.14. The fourth-order valence-corrected chi connectivity index (χ4v) is 12.6. The zero-order valence-corrected chi connectivity index (χ0v) is 45.4. The van der Waals surface area contributed by atoms with Gasteiger partial charge >= 0.3 is 18.0 Å². The maximum Gasteiger partial charge on any atom is 0.329 e. The molecule has 2 N–H and O–H groups in total. The Morgan fingerprint density at radius 1 is 0.805 bits per heavy atom. The Labute approximate surface area is 473 Å². The second-order valence-corrected chi connectivity index (χ2v) is 21.3. The van der Waals surface area contributed by atoms with E-state index in [0.717, 1.165) is 21.5 Å². The van der Waals surface area contributed by atoms with Crippen LogP contribution in [0, 0.1) is 23.7 Å². The maximum atomic E-state index is 17.1. The maximum absolute atomic E-state index is 17.1. The first kappa shape index (κ1) is 53.5. The number of amides is 4. The molecule has 7 atom stereocenters. The number of nitrogens with one attached hydrogen (secondary N) is 1. The number of aliphatic hydroxyl groups is 1. The third-order valence-electron chi connectivity index (χ3n) is 16.3. The number of piperazine rings is 1. The van der Waals surface area contributed by atoms with Gasteiger partial charge in [0.1, 0.15) is 48.0 Å². The fourth-order valence-electron chi connectivity index (χ4n) is 12.6. The number of nitrogens with zero attached hydrogens (tertiary/aromatic N) is 7. The van der Waals surface area contributed by atoms with Gasteiger partial charge in [-0.25, -0.2) is 19.2 Å². The number of rotatable bonds is 13. The van der Waals surface area contributed by atoms with Crippen LogP contribution in [0.25, 0.3) is 11.0 Å². The second-order valence-electron chi connectivity index (χ2n) is 21.3. The van der Waals surface area contributed by atoms with E-state index in [2.05, 4.69) is 32.4 Å². The lowest BCUT2D eigenvalue weighted by atomic mass is 9.64. The SMILES string of the molecule is COC(=O)C(NC(=O)N1C(=O)C2(c3cc(C#CCn4nnc5ccccc54)ccc31)C(C(=O)N1CCN(Cc3ccc4c(c3)OCO4)CC1)C1C(=O)OC(c3ccccc3)C(c3ccccc3)N1C2c1ccc(OCCO)cc1)C(C)C. The Bertz CT molecular complexity index is 3630. The number of carbonyl (C=O) groups is 5. The monoisotopic (exact) mass is 1100 g/mol. The summed E-state index contributed by atoms with van der Waals surface area (Å²) in [6.45, 7) is 5.49. The molecule has 3 saturated heterocycles. The zero-order valence-electron chi connectivity index (χ0n) is 45.4. The van der Waals surface area contributed by atoms with Gasteiger partial charge < -0.3 is 39.0 Å². The van der Waals surface area contributed by atoms with Crippen LogP contribution in [-0.4, -0.2) is 130 Å². The molecule has 12 rings (SSSR count). The first-order valence-corrected chi connectivity index (χ1v) is 27.4. The fraction of sp³-hybridized carbons (Fsp3) is 0.317. The molecule has 7 unspecified atom stereocenters. The molecule has 6 aromatic carbocycles. The number of carbonyl (C=O) groups excluding carboxylic acids is 5. The molecule has 0 saturated carbocycles. The average molecular weight is 1110 g/mol. The van der Waals surface area contributed by atoms with E-state index in [-0.39, 0.29) is 50.9 Å². The van der Waals surface area contributed by atoms with Crippen LogP contribution in [0.1, 0.15) is 65.4 Å². The quantitative estimate of drug-likeness (QED) is 0.0934. The van der Waals surface area contributed by atoms with Crippen molar-refractivity contribution in [1.29, 1.82) is 0 Å². The highest BCUT2D eigenvalue weighted by molar-refractivity contribution is 6.25. The van der Waals surface area contributed by atoms with Gasteiger partial charge in [0, 0.05) is 38.3 Å². The van der Waals surface area contributed by atoms with E-state index in [0.29, 0.717) is 59.1 Å². The van der Waals surface area contributed by atoms with Gasteiger partial charge in [0.05, 0.1) is 42.9 Å². The van der Waals surface area contributed by atoms with Crippen LogP contribution in [-0.2, 0) is 47.2 Å². The topological polar surface area (TPSA) is 207 Å². The smallest absolute Gasteiger partial charge is 0.329 e. The van der Waals surface area contributed by atoms with E-state index in [9.17, 15) is 9.90 Å². The molecule has 4 amide bonds. The van der Waals surface area contributed by atoms with Crippen LogP contribution in [0.3, 0.4) is 0 Å². The molecule has 3 fully saturated rings. The first-order valence-electron chi connectivity index (χ1n) is 27.4. The molecule has 0 bridgehead atoms. The van der Waals surface area contributed by atoms with Crippen molar-refractivity contribution in [3.8, 4) is 29.1 Å². The second kappa shape index (κ2) is 22.4. The molecule has 1 aromatic heterocycles. The van der Waals surface area contributed by atoms with Gasteiger partial charge in [-0.3, -0.25) is 24.2 Å². The van der Waals surface area contributed by atoms with E-state index in [4.69, 9.17) is 23.7 Å². The molecule has 19 heteroatoms. The molecule has 5 aliphatic heterocycles. The molecular weight excluding hydrogens is 1040 g/mol. The Kier molecular flexibility index (Phi) is 14.7. The number of urea groups is 1. The lowest BCUT2D eigenvalue weighted by Gasteiger charge is -2.46. The van der Waals surface area contributed by atoms with Gasteiger partial charge in [0.15, 0.2) is 11.5 Å². The number of morpholine rings is 1. The Hall–Kier alpha value is -9.09. The van der Waals surface area contributed by atoms with E-state index >= 15 is 19.2 Å². The highest BCUT2D eigenvalue weighted by atomic mass is 16.7. The van der Waals surface area contributed by atoms with Crippen molar-refractivity contribution < 1.29 is 52.8 Å². The van der Waals surface area contributed by atoms with Crippen molar-refractivity contribution in [2.45, 2.75) is 62.6 Å². The molecule has 6 heterocycles. The van der Waals surface area contributed by atoms with Gasteiger partial charge in [-0.2, -0.15) is 0 Å². The Morgan fingerprint density at radius 2 is 1.52 bits per heavy atom. The summed E-state index contributed by atoms with van der Waals surface area (Å²) in [5, 5.41) is 21.2. The van der Waals surface area contributed by atoms with Crippen molar-refractivity contribution >= 4 is 46.5 Å². The lowest BCUT2D eigenvalue weighted by molar-refractivity contribution is -0.179. The predicted molar refractivity (Wildman–Crippen MR) is 299 cm³/mol. The zero-order chi connectivity index (χ0) is 56.6. The third-order valence-corrected chi connectivity index (χ3v) is 16.3. The van der Waals surface area contributed by atoms with Crippen LogP contribution in [0.15, 0.2) is 146 Å². The summed E-state index contributed by atoms with van der Waals surface area (Å²) < 4.78 is 30.7. The molecule has 1 spiro atoms. The minimum atomic E-state index is -2.11. The molecule has 418 valence electrons. The number of methoxy groups -OCH3 is 1. The van der Waals surface area contributed by atoms with Gasteiger partial charge in [0.25, 0.3) is 0 Å². The number of aliphatic hydroxyl groups excluding tert-OH is 1. The van der Waals surface area contributed by atoms with E-state index in [1.807, 2.05) is 108 Å². The number of para-hydroxylation sites is 1. The molecule has 19 nitrogen and oxygen atoms in total. The van der Waals surface area contributed by atoms with Crippen LogP contribution in [0.4, 0.5) is 10.5 Å². The third kappa shape index (κ3) is 9.51. The summed E-state index contributed by atoms with van der Waals surface area (Å²) in [6.07, 6.45) is -0.958. The van der Waals surface area contributed by atoms with Crippen LogP contribution < -0.4 is 24.4 Å². The average Bonchev–Trinajstić information content (AvgIpc) is 1.64. The number of aromatic nitrogens is 3. The highest BCUT2D eigenvalue weighted by Gasteiger charge is 2.76. The standard InChI is InChI=1S/C63H60N8O11/c1-39(2)53(59(74)78-3)64-62(77)70-48-26-20-40(13-12-28-69-49-19-11-10-18-47(49)65-66-69)35-46(48)63(61(70)76)52(58(73)68-31-29-67(30-32-68)37-41-21-27-50-51(36-41)81-38-80-50)55-60(75)82-56(43-16-8-5-9-17-43)54(42-14-6-4-7-15-42)71(55)57(63)44-22-24-45(25-23-44)79-34-33-72/h4-11,14-27,35-36,39,52-57,72H,28-34,37-38H2,1-3H3,(H,64,77). The summed E-state index contributed by atoms with van der Waals surface area (Å²) in [6, 6.07) is 38.8. The van der Waals surface area contributed by atoms with Crippen molar-refractivity contribution in [1.82, 2.24) is 35.0 Å². The van der Waals surface area contributed by atoms with Crippen LogP contribution in [0.5, 0.6) is 17.2 Å². The van der Waals surface area contributed by atoms with Crippen molar-refractivity contribution in [2.24, 2.45) is 11.8 Å². The Morgan fingerprint density at radius 3 is 2.26 bits per heavy atom. The van der Waals surface area contributed by atoms with Crippen molar-refractivity contribution in [3.05, 3.63) is 179 Å². The normalized spacial score (nSPS) is 22.3.